The van der Waals surface area contributed by atoms with Crippen molar-refractivity contribution < 1.29 is 4.39 Å². The van der Waals surface area contributed by atoms with Crippen molar-refractivity contribution in [2.75, 3.05) is 0 Å². The number of halogens is 2. The molecule has 2 rings (SSSR count). The fourth-order valence-electron chi connectivity index (χ4n) is 1.67. The third-order valence-corrected chi connectivity index (χ3v) is 4.23. The second kappa shape index (κ2) is 6.42. The van der Waals surface area contributed by atoms with Crippen LogP contribution in [0.1, 0.15) is 24.1 Å². The molecule has 1 nitrogen and oxygen atoms in total. The van der Waals surface area contributed by atoms with Gasteiger partial charge in [0.1, 0.15) is 5.82 Å². The highest BCUT2D eigenvalue weighted by Gasteiger charge is 2.04. The van der Waals surface area contributed by atoms with E-state index in [1.807, 2.05) is 31.2 Å². The molecular weight excluding hydrogens is 281 g/mol. The molecule has 0 saturated carbocycles. The van der Waals surface area contributed by atoms with Crippen LogP contribution in [0.5, 0.6) is 0 Å². The fourth-order valence-corrected chi connectivity index (χ4v) is 2.88. The molecule has 0 spiro atoms. The summed E-state index contributed by atoms with van der Waals surface area (Å²) in [7, 11) is 0. The molecule has 2 aromatic carbocycles. The number of hydrogen-bond donors (Lipinski definition) is 1. The Morgan fingerprint density at radius 1 is 1.21 bits per heavy atom. The van der Waals surface area contributed by atoms with Crippen molar-refractivity contribution in [2.24, 2.45) is 5.73 Å². The van der Waals surface area contributed by atoms with Crippen LogP contribution in [-0.4, -0.2) is 0 Å². The molecule has 0 aliphatic rings. The first-order chi connectivity index (χ1) is 9.06. The van der Waals surface area contributed by atoms with Gasteiger partial charge in [0.2, 0.25) is 0 Å². The van der Waals surface area contributed by atoms with E-state index in [1.54, 1.807) is 17.8 Å². The average Bonchev–Trinajstić information content (AvgIpc) is 2.38. The van der Waals surface area contributed by atoms with Gasteiger partial charge in [-0.1, -0.05) is 29.8 Å². The summed E-state index contributed by atoms with van der Waals surface area (Å²) in [6.07, 6.45) is 0. The van der Waals surface area contributed by atoms with Crippen molar-refractivity contribution >= 4 is 23.4 Å². The van der Waals surface area contributed by atoms with E-state index in [4.69, 9.17) is 17.3 Å². The van der Waals surface area contributed by atoms with E-state index in [0.717, 1.165) is 21.8 Å². The van der Waals surface area contributed by atoms with Gasteiger partial charge in [-0.3, -0.25) is 0 Å². The smallest absolute Gasteiger partial charge is 0.124 e. The molecule has 1 unspecified atom stereocenters. The minimum absolute atomic E-state index is 0.0468. The predicted octanol–water partition coefficient (Wildman–Crippen LogP) is 4.79. The number of hydrogen-bond acceptors (Lipinski definition) is 2. The first kappa shape index (κ1) is 14.4. The van der Waals surface area contributed by atoms with Gasteiger partial charge in [-0.05, 0) is 42.3 Å². The molecule has 0 aliphatic carbocycles. The van der Waals surface area contributed by atoms with Gasteiger partial charge in [0, 0.05) is 21.7 Å². The van der Waals surface area contributed by atoms with Gasteiger partial charge >= 0.3 is 0 Å². The largest absolute Gasteiger partial charge is 0.324 e. The van der Waals surface area contributed by atoms with Crippen molar-refractivity contribution in [1.29, 1.82) is 0 Å². The molecule has 1 atom stereocenters. The lowest BCUT2D eigenvalue weighted by atomic mass is 10.1. The van der Waals surface area contributed by atoms with E-state index >= 15 is 0 Å². The summed E-state index contributed by atoms with van der Waals surface area (Å²) in [5, 5.41) is 0.472. The molecule has 0 aromatic heterocycles. The van der Waals surface area contributed by atoms with Gasteiger partial charge < -0.3 is 5.73 Å². The summed E-state index contributed by atoms with van der Waals surface area (Å²) in [6, 6.07) is 12.7. The Bertz CT molecular complexity index is 555. The van der Waals surface area contributed by atoms with Gasteiger partial charge in [0.25, 0.3) is 0 Å². The summed E-state index contributed by atoms with van der Waals surface area (Å²) < 4.78 is 12.9. The molecule has 4 heteroatoms. The Morgan fingerprint density at radius 3 is 2.47 bits per heavy atom. The topological polar surface area (TPSA) is 26.0 Å². The van der Waals surface area contributed by atoms with Crippen LogP contribution in [0.2, 0.25) is 5.02 Å². The third-order valence-electron chi connectivity index (χ3n) is 2.82. The lowest BCUT2D eigenvalue weighted by molar-refractivity contribution is 0.627. The van der Waals surface area contributed by atoms with Gasteiger partial charge in [-0.2, -0.15) is 0 Å². The monoisotopic (exact) mass is 295 g/mol. The Morgan fingerprint density at radius 2 is 1.89 bits per heavy atom. The fraction of sp³-hybridized carbons (Fsp3) is 0.200. The standard InChI is InChI=1S/C15H15ClFNS/c1-10(18)11-3-6-14(7-4-11)19-9-12-2-5-13(17)8-15(12)16/h2-8,10H,9,18H2,1H3. The molecule has 0 radical (unpaired) electrons. The Balaban J connectivity index is 2.02. The summed E-state index contributed by atoms with van der Waals surface area (Å²) in [6.45, 7) is 1.96. The van der Waals surface area contributed by atoms with Gasteiger partial charge in [0.15, 0.2) is 0 Å². The zero-order valence-electron chi connectivity index (χ0n) is 10.6. The normalized spacial score (nSPS) is 12.4. The van der Waals surface area contributed by atoms with Crippen LogP contribution in [0, 0.1) is 5.82 Å². The van der Waals surface area contributed by atoms with Crippen LogP contribution >= 0.6 is 23.4 Å². The second-order valence-corrected chi connectivity index (χ2v) is 5.84. The lowest BCUT2D eigenvalue weighted by Gasteiger charge is -2.07. The summed E-state index contributed by atoms with van der Waals surface area (Å²) >= 11 is 7.66. The molecule has 0 amide bonds. The zero-order valence-corrected chi connectivity index (χ0v) is 12.1. The molecule has 2 aromatic rings. The maximum absolute atomic E-state index is 12.9. The Hall–Kier alpha value is -1.03. The molecule has 2 N–H and O–H groups in total. The highest BCUT2D eigenvalue weighted by Crippen LogP contribution is 2.27. The van der Waals surface area contributed by atoms with Crippen LogP contribution in [0.3, 0.4) is 0 Å². The molecule has 0 aliphatic heterocycles. The highest BCUT2D eigenvalue weighted by molar-refractivity contribution is 7.98. The maximum Gasteiger partial charge on any atom is 0.124 e. The second-order valence-electron chi connectivity index (χ2n) is 4.38. The van der Waals surface area contributed by atoms with E-state index in [1.165, 1.54) is 12.1 Å². The molecular formula is C15H15ClFNS. The minimum atomic E-state index is -0.306. The number of thioether (sulfide) groups is 1. The average molecular weight is 296 g/mol. The predicted molar refractivity (Wildman–Crippen MR) is 80.0 cm³/mol. The maximum atomic E-state index is 12.9. The summed E-state index contributed by atoms with van der Waals surface area (Å²) in [5.74, 6) is 0.413. The van der Waals surface area contributed by atoms with E-state index in [0.29, 0.717) is 5.02 Å². The lowest BCUT2D eigenvalue weighted by Crippen LogP contribution is -2.04. The van der Waals surface area contributed by atoms with Gasteiger partial charge in [0.05, 0.1) is 0 Å². The number of benzene rings is 2. The quantitative estimate of drug-likeness (QED) is 0.821. The Kier molecular flexibility index (Phi) is 4.86. The van der Waals surface area contributed by atoms with Crippen LogP contribution in [0.25, 0.3) is 0 Å². The number of nitrogens with two attached hydrogens (primary N) is 1. The van der Waals surface area contributed by atoms with Gasteiger partial charge in [-0.25, -0.2) is 4.39 Å². The van der Waals surface area contributed by atoms with E-state index in [9.17, 15) is 4.39 Å². The zero-order chi connectivity index (χ0) is 13.8. The van der Waals surface area contributed by atoms with Crippen molar-refractivity contribution in [2.45, 2.75) is 23.6 Å². The Labute approximate surface area is 122 Å². The third kappa shape index (κ3) is 3.96. The van der Waals surface area contributed by atoms with Gasteiger partial charge in [-0.15, -0.1) is 11.8 Å². The molecule has 0 saturated heterocycles. The summed E-state index contributed by atoms with van der Waals surface area (Å²) in [5.41, 5.74) is 7.85. The first-order valence-electron chi connectivity index (χ1n) is 5.98. The summed E-state index contributed by atoms with van der Waals surface area (Å²) in [4.78, 5) is 1.14. The van der Waals surface area contributed by atoms with Crippen LogP contribution in [0.15, 0.2) is 47.4 Å². The first-order valence-corrected chi connectivity index (χ1v) is 7.35. The van der Waals surface area contributed by atoms with Crippen molar-refractivity contribution in [3.8, 4) is 0 Å². The molecule has 0 bridgehead atoms. The van der Waals surface area contributed by atoms with Crippen LogP contribution < -0.4 is 5.73 Å². The number of rotatable bonds is 4. The molecule has 19 heavy (non-hydrogen) atoms. The van der Waals surface area contributed by atoms with Crippen molar-refractivity contribution in [1.82, 2.24) is 0 Å². The molecule has 0 fully saturated rings. The van der Waals surface area contributed by atoms with E-state index in [-0.39, 0.29) is 11.9 Å². The SMILES string of the molecule is CC(N)c1ccc(SCc2ccc(F)cc2Cl)cc1. The van der Waals surface area contributed by atoms with Crippen LogP contribution in [0.4, 0.5) is 4.39 Å². The van der Waals surface area contributed by atoms with Crippen LogP contribution in [-0.2, 0) is 5.75 Å². The van der Waals surface area contributed by atoms with Crippen molar-refractivity contribution in [3.63, 3.8) is 0 Å². The minimum Gasteiger partial charge on any atom is -0.324 e. The molecule has 0 heterocycles. The van der Waals surface area contributed by atoms with E-state index in [2.05, 4.69) is 0 Å². The van der Waals surface area contributed by atoms with Crippen molar-refractivity contribution in [3.05, 3.63) is 64.4 Å². The van der Waals surface area contributed by atoms with E-state index < -0.39 is 0 Å². The highest BCUT2D eigenvalue weighted by atomic mass is 35.5. The molecule has 100 valence electrons.